The molecule has 8 heteroatoms. The number of carbonyl (C=O) groups is 1. The van der Waals surface area contributed by atoms with Crippen LogP contribution in [0.3, 0.4) is 0 Å². The van der Waals surface area contributed by atoms with E-state index >= 15 is 0 Å². The van der Waals surface area contributed by atoms with Gasteiger partial charge in [-0.3, -0.25) is 24.3 Å². The summed E-state index contributed by atoms with van der Waals surface area (Å²) in [7, 11) is 0. The van der Waals surface area contributed by atoms with Gasteiger partial charge in [0.05, 0.1) is 28.7 Å². The average Bonchev–Trinajstić information content (AvgIpc) is 2.92. The first kappa shape index (κ1) is 18.5. The molecular formula is C19H20N4O4. The molecule has 0 aliphatic carbocycles. The maximum absolute atomic E-state index is 12.8. The van der Waals surface area contributed by atoms with Gasteiger partial charge in [0.2, 0.25) is 0 Å². The van der Waals surface area contributed by atoms with Crippen molar-refractivity contribution >= 4 is 22.4 Å². The Labute approximate surface area is 155 Å². The molecule has 27 heavy (non-hydrogen) atoms. The number of Topliss-reactive ketones (excluding diaryl/α,β-unsaturated/α-hetero) is 1. The standard InChI is InChI=1S/C19H20N4O4/c1-4-7-22-12(2)8-15(13(22)3)18(24)10-21-11-20-17-6-5-14(23(26)27)9-16(17)19(21)25/h5-6,8-9,11H,4,7,10H2,1-3H3. The van der Waals surface area contributed by atoms with Gasteiger partial charge < -0.3 is 4.57 Å². The molecule has 2 aromatic heterocycles. The van der Waals surface area contributed by atoms with Crippen LogP contribution in [0.15, 0.2) is 35.4 Å². The molecule has 0 aliphatic heterocycles. The number of hydrogen-bond donors (Lipinski definition) is 0. The van der Waals surface area contributed by atoms with Crippen molar-refractivity contribution in [2.45, 2.75) is 40.3 Å². The van der Waals surface area contributed by atoms with E-state index in [1.807, 2.05) is 19.9 Å². The molecule has 0 amide bonds. The van der Waals surface area contributed by atoms with Crippen LogP contribution in [0.25, 0.3) is 10.9 Å². The molecule has 0 bridgehead atoms. The van der Waals surface area contributed by atoms with E-state index in [0.29, 0.717) is 11.1 Å². The Hall–Kier alpha value is -3.29. The number of nitro groups is 1. The number of fused-ring (bicyclic) bond motifs is 1. The van der Waals surface area contributed by atoms with Gasteiger partial charge in [-0.25, -0.2) is 4.98 Å². The molecule has 0 aliphatic rings. The number of nitrogens with zero attached hydrogens (tertiary/aromatic N) is 4. The highest BCUT2D eigenvalue weighted by Crippen LogP contribution is 2.18. The fourth-order valence-corrected chi connectivity index (χ4v) is 3.26. The van der Waals surface area contributed by atoms with Gasteiger partial charge in [0, 0.05) is 35.6 Å². The second kappa shape index (κ2) is 7.14. The normalized spacial score (nSPS) is 11.1. The van der Waals surface area contributed by atoms with E-state index < -0.39 is 10.5 Å². The zero-order chi connectivity index (χ0) is 19.7. The van der Waals surface area contributed by atoms with Crippen molar-refractivity contribution < 1.29 is 9.72 Å². The molecular weight excluding hydrogens is 348 g/mol. The summed E-state index contributed by atoms with van der Waals surface area (Å²) in [6, 6.07) is 5.75. The Bertz CT molecular complexity index is 1110. The number of rotatable bonds is 6. The van der Waals surface area contributed by atoms with Crippen molar-refractivity contribution in [1.29, 1.82) is 0 Å². The third-order valence-electron chi connectivity index (χ3n) is 4.65. The van der Waals surface area contributed by atoms with Gasteiger partial charge in [0.25, 0.3) is 11.2 Å². The quantitative estimate of drug-likeness (QED) is 0.378. The van der Waals surface area contributed by atoms with Crippen LogP contribution in [0, 0.1) is 24.0 Å². The van der Waals surface area contributed by atoms with Gasteiger partial charge in [-0.2, -0.15) is 0 Å². The summed E-state index contributed by atoms with van der Waals surface area (Å²) in [6.45, 7) is 6.57. The zero-order valence-electron chi connectivity index (χ0n) is 15.4. The molecule has 8 nitrogen and oxygen atoms in total. The van der Waals surface area contributed by atoms with Crippen molar-refractivity contribution in [2.75, 3.05) is 0 Å². The molecule has 0 saturated heterocycles. The number of non-ortho nitro benzene ring substituents is 1. The minimum atomic E-state index is -0.566. The SMILES string of the molecule is CCCn1c(C)cc(C(=O)Cn2cnc3ccc([N+](=O)[O-])cc3c2=O)c1C. The molecule has 1 aromatic carbocycles. The van der Waals surface area contributed by atoms with Crippen LogP contribution >= 0.6 is 0 Å². The predicted molar refractivity (Wildman–Crippen MR) is 101 cm³/mol. The number of hydrogen-bond acceptors (Lipinski definition) is 5. The summed E-state index contributed by atoms with van der Waals surface area (Å²) in [6.07, 6.45) is 2.26. The van der Waals surface area contributed by atoms with Gasteiger partial charge in [-0.05, 0) is 32.4 Å². The van der Waals surface area contributed by atoms with Crippen LogP contribution < -0.4 is 5.56 Å². The van der Waals surface area contributed by atoms with Gasteiger partial charge >= 0.3 is 0 Å². The maximum Gasteiger partial charge on any atom is 0.270 e. The summed E-state index contributed by atoms with van der Waals surface area (Å²) < 4.78 is 3.28. The minimum absolute atomic E-state index is 0.121. The Kier molecular flexibility index (Phi) is 4.89. The van der Waals surface area contributed by atoms with Gasteiger partial charge in [-0.15, -0.1) is 0 Å². The Morgan fingerprint density at radius 3 is 2.67 bits per heavy atom. The minimum Gasteiger partial charge on any atom is -0.348 e. The lowest BCUT2D eigenvalue weighted by molar-refractivity contribution is -0.384. The van der Waals surface area contributed by atoms with Gasteiger partial charge in [0.15, 0.2) is 5.78 Å². The summed E-state index contributed by atoms with van der Waals surface area (Å²) in [4.78, 5) is 40.0. The van der Waals surface area contributed by atoms with E-state index in [1.54, 1.807) is 0 Å². The number of aryl methyl sites for hydroxylation is 1. The van der Waals surface area contributed by atoms with E-state index in [4.69, 9.17) is 0 Å². The highest BCUT2D eigenvalue weighted by Gasteiger charge is 2.17. The molecule has 3 rings (SSSR count). The van der Waals surface area contributed by atoms with Crippen molar-refractivity contribution in [2.24, 2.45) is 0 Å². The number of nitro benzene ring substituents is 1. The molecule has 0 N–H and O–H groups in total. The Morgan fingerprint density at radius 1 is 1.26 bits per heavy atom. The number of benzene rings is 1. The van der Waals surface area contributed by atoms with Crippen LogP contribution in [0.5, 0.6) is 0 Å². The van der Waals surface area contributed by atoms with E-state index in [-0.39, 0.29) is 23.4 Å². The monoisotopic (exact) mass is 368 g/mol. The van der Waals surface area contributed by atoms with Crippen molar-refractivity contribution in [3.05, 3.63) is 68.0 Å². The largest absolute Gasteiger partial charge is 0.348 e. The summed E-state index contributed by atoms with van der Waals surface area (Å²) in [5, 5.41) is 11.1. The van der Waals surface area contributed by atoms with Gasteiger partial charge in [0.1, 0.15) is 0 Å². The predicted octanol–water partition coefficient (Wildman–Crippen LogP) is 3.02. The lowest BCUT2D eigenvalue weighted by Gasteiger charge is -2.08. The lowest BCUT2D eigenvalue weighted by Crippen LogP contribution is -2.25. The smallest absolute Gasteiger partial charge is 0.270 e. The molecule has 0 saturated carbocycles. The molecule has 0 fully saturated rings. The molecule has 2 heterocycles. The van der Waals surface area contributed by atoms with Crippen molar-refractivity contribution in [1.82, 2.24) is 14.1 Å². The van der Waals surface area contributed by atoms with Crippen LogP contribution in [0.1, 0.15) is 35.1 Å². The first-order valence-corrected chi connectivity index (χ1v) is 8.67. The second-order valence-electron chi connectivity index (χ2n) is 6.50. The summed E-state index contributed by atoms with van der Waals surface area (Å²) in [5.41, 5.74) is 2.14. The molecule has 0 radical (unpaired) electrons. The number of carbonyl (C=O) groups excluding carboxylic acids is 1. The first-order valence-electron chi connectivity index (χ1n) is 8.67. The fourth-order valence-electron chi connectivity index (χ4n) is 3.26. The van der Waals surface area contributed by atoms with E-state index in [2.05, 4.69) is 16.5 Å². The van der Waals surface area contributed by atoms with Gasteiger partial charge in [-0.1, -0.05) is 6.92 Å². The van der Waals surface area contributed by atoms with Crippen molar-refractivity contribution in [3.8, 4) is 0 Å². The van der Waals surface area contributed by atoms with Crippen LogP contribution in [-0.2, 0) is 13.1 Å². The second-order valence-corrected chi connectivity index (χ2v) is 6.50. The molecule has 0 unspecified atom stereocenters. The van der Waals surface area contributed by atoms with E-state index in [0.717, 1.165) is 24.4 Å². The third-order valence-corrected chi connectivity index (χ3v) is 4.65. The maximum atomic E-state index is 12.8. The Morgan fingerprint density at radius 2 is 2.00 bits per heavy atom. The highest BCUT2D eigenvalue weighted by molar-refractivity contribution is 5.97. The van der Waals surface area contributed by atoms with Crippen LogP contribution in [-0.4, -0.2) is 24.8 Å². The topological polar surface area (TPSA) is 100 Å². The molecule has 0 atom stereocenters. The van der Waals surface area contributed by atoms with Crippen molar-refractivity contribution in [3.63, 3.8) is 0 Å². The van der Waals surface area contributed by atoms with E-state index in [9.17, 15) is 19.7 Å². The fraction of sp³-hybridized carbons (Fsp3) is 0.316. The third kappa shape index (κ3) is 3.38. The first-order chi connectivity index (χ1) is 12.8. The highest BCUT2D eigenvalue weighted by atomic mass is 16.6. The molecule has 140 valence electrons. The Balaban J connectivity index is 1.98. The summed E-state index contributed by atoms with van der Waals surface area (Å²) in [5.74, 6) is -0.195. The molecule has 3 aromatic rings. The van der Waals surface area contributed by atoms with Crippen LogP contribution in [0.2, 0.25) is 0 Å². The van der Waals surface area contributed by atoms with Crippen LogP contribution in [0.4, 0.5) is 5.69 Å². The summed E-state index contributed by atoms with van der Waals surface area (Å²) >= 11 is 0. The average molecular weight is 368 g/mol. The lowest BCUT2D eigenvalue weighted by atomic mass is 10.1. The van der Waals surface area contributed by atoms with E-state index in [1.165, 1.54) is 29.1 Å². The number of ketones is 1. The molecule has 0 spiro atoms. The number of aromatic nitrogens is 3. The zero-order valence-corrected chi connectivity index (χ0v) is 15.4.